The summed E-state index contributed by atoms with van der Waals surface area (Å²) in [4.78, 5) is 16.6. The van der Waals surface area contributed by atoms with Crippen molar-refractivity contribution in [3.63, 3.8) is 0 Å². The van der Waals surface area contributed by atoms with Crippen LogP contribution in [0.5, 0.6) is 0 Å². The molecule has 5 heteroatoms. The Bertz CT molecular complexity index is 325. The van der Waals surface area contributed by atoms with Gasteiger partial charge in [0.1, 0.15) is 4.88 Å². The zero-order chi connectivity index (χ0) is 11.8. The number of carbonyl (C=O) groups is 1. The number of rotatable bonds is 7. The predicted octanol–water partition coefficient (Wildman–Crippen LogP) is 1.56. The van der Waals surface area contributed by atoms with E-state index in [1.807, 2.05) is 0 Å². The number of hydrogen-bond acceptors (Lipinski definition) is 4. The van der Waals surface area contributed by atoms with Gasteiger partial charge in [-0.3, -0.25) is 4.79 Å². The second kappa shape index (κ2) is 7.35. The van der Waals surface area contributed by atoms with E-state index in [1.54, 1.807) is 6.20 Å². The Morgan fingerprint density at radius 1 is 1.56 bits per heavy atom. The number of nitrogens with two attached hydrogens (primary N) is 1. The van der Waals surface area contributed by atoms with Crippen LogP contribution in [0.4, 0.5) is 0 Å². The maximum Gasteiger partial charge on any atom is 0.263 e. The lowest BCUT2D eigenvalue weighted by molar-refractivity contribution is 0.0957. The summed E-state index contributed by atoms with van der Waals surface area (Å²) in [6, 6.07) is 0. The second-order valence-electron chi connectivity index (χ2n) is 3.62. The van der Waals surface area contributed by atoms with Gasteiger partial charge in [0.15, 0.2) is 0 Å². The molecule has 1 aromatic rings. The lowest BCUT2D eigenvalue weighted by atomic mass is 10.3. The lowest BCUT2D eigenvalue weighted by Crippen LogP contribution is -2.23. The van der Waals surface area contributed by atoms with Crippen molar-refractivity contribution < 1.29 is 4.79 Å². The Morgan fingerprint density at radius 2 is 2.38 bits per heavy atom. The minimum absolute atomic E-state index is 0.0168. The molecule has 0 saturated heterocycles. The van der Waals surface area contributed by atoms with Crippen molar-refractivity contribution in [1.29, 1.82) is 0 Å². The third-order valence-corrected chi connectivity index (χ3v) is 3.21. The third kappa shape index (κ3) is 4.28. The number of thiazole rings is 1. The Labute approximate surface area is 100 Å². The van der Waals surface area contributed by atoms with E-state index in [4.69, 9.17) is 5.73 Å². The Kier molecular flexibility index (Phi) is 6.03. The Hall–Kier alpha value is -0.940. The van der Waals surface area contributed by atoms with Gasteiger partial charge in [-0.15, -0.1) is 11.3 Å². The molecule has 0 spiro atoms. The van der Waals surface area contributed by atoms with Gasteiger partial charge in [-0.1, -0.05) is 6.92 Å². The first-order valence-electron chi connectivity index (χ1n) is 5.71. The van der Waals surface area contributed by atoms with Gasteiger partial charge in [0.2, 0.25) is 0 Å². The topological polar surface area (TPSA) is 68.0 Å². The highest BCUT2D eigenvalue weighted by Gasteiger charge is 2.08. The molecule has 90 valence electrons. The minimum Gasteiger partial charge on any atom is -0.351 e. The number of hydrogen-bond donors (Lipinski definition) is 2. The summed E-state index contributed by atoms with van der Waals surface area (Å²) < 4.78 is 0. The molecule has 0 aliphatic carbocycles. The second-order valence-corrected chi connectivity index (χ2v) is 4.74. The van der Waals surface area contributed by atoms with Gasteiger partial charge in [0.05, 0.1) is 11.2 Å². The summed E-state index contributed by atoms with van der Waals surface area (Å²) in [6.07, 6.45) is 5.55. The van der Waals surface area contributed by atoms with Crippen LogP contribution in [0.2, 0.25) is 0 Å². The van der Waals surface area contributed by atoms with E-state index < -0.39 is 0 Å². The minimum atomic E-state index is -0.0168. The molecular weight excluding hydrogens is 222 g/mol. The zero-order valence-electron chi connectivity index (χ0n) is 9.66. The fourth-order valence-corrected chi connectivity index (χ4v) is 2.24. The molecule has 0 fully saturated rings. The summed E-state index contributed by atoms with van der Waals surface area (Å²) in [6.45, 7) is 3.47. The molecule has 0 unspecified atom stereocenters. The molecule has 0 saturated carbocycles. The van der Waals surface area contributed by atoms with Gasteiger partial charge in [0, 0.05) is 6.54 Å². The fourth-order valence-electron chi connectivity index (χ4n) is 1.30. The molecule has 0 aliphatic heterocycles. The van der Waals surface area contributed by atoms with Crippen LogP contribution in [-0.4, -0.2) is 24.0 Å². The molecule has 0 aliphatic rings. The van der Waals surface area contributed by atoms with Crippen LogP contribution in [0.1, 0.15) is 40.9 Å². The van der Waals surface area contributed by atoms with Crippen LogP contribution >= 0.6 is 11.3 Å². The average Bonchev–Trinajstić information content (AvgIpc) is 2.73. The van der Waals surface area contributed by atoms with Crippen LogP contribution in [0.15, 0.2) is 6.20 Å². The fraction of sp³-hybridized carbons (Fsp3) is 0.636. The standard InChI is InChI=1S/C11H19N3OS/c1-2-5-10-14-8-9(16-10)11(15)13-7-4-3-6-12/h8H,2-7,12H2,1H3,(H,13,15). The van der Waals surface area contributed by atoms with Gasteiger partial charge in [0.25, 0.3) is 5.91 Å². The third-order valence-electron chi connectivity index (χ3n) is 2.16. The largest absolute Gasteiger partial charge is 0.351 e. The molecule has 1 rings (SSSR count). The SMILES string of the molecule is CCCc1ncc(C(=O)NCCCCN)s1. The average molecular weight is 241 g/mol. The number of aromatic nitrogens is 1. The molecule has 4 nitrogen and oxygen atoms in total. The number of amides is 1. The van der Waals surface area contributed by atoms with Crippen molar-refractivity contribution in [2.24, 2.45) is 5.73 Å². The van der Waals surface area contributed by atoms with E-state index in [1.165, 1.54) is 11.3 Å². The first kappa shape index (κ1) is 13.1. The number of carbonyl (C=O) groups excluding carboxylic acids is 1. The van der Waals surface area contributed by atoms with Crippen molar-refractivity contribution in [2.75, 3.05) is 13.1 Å². The summed E-state index contributed by atoms with van der Waals surface area (Å²) in [5.41, 5.74) is 5.37. The Balaban J connectivity index is 2.34. The van der Waals surface area contributed by atoms with Crippen LogP contribution in [0.25, 0.3) is 0 Å². The summed E-state index contributed by atoms with van der Waals surface area (Å²) >= 11 is 1.48. The van der Waals surface area contributed by atoms with Gasteiger partial charge in [-0.25, -0.2) is 4.98 Å². The molecule has 3 N–H and O–H groups in total. The summed E-state index contributed by atoms with van der Waals surface area (Å²) in [5.74, 6) is -0.0168. The molecule has 1 amide bonds. The highest BCUT2D eigenvalue weighted by Crippen LogP contribution is 2.14. The van der Waals surface area contributed by atoms with E-state index in [2.05, 4.69) is 17.2 Å². The van der Waals surface area contributed by atoms with Crippen molar-refractivity contribution in [3.05, 3.63) is 16.1 Å². The number of aryl methyl sites for hydroxylation is 1. The van der Waals surface area contributed by atoms with E-state index in [-0.39, 0.29) is 5.91 Å². The smallest absolute Gasteiger partial charge is 0.263 e. The van der Waals surface area contributed by atoms with Crippen LogP contribution in [0.3, 0.4) is 0 Å². The number of nitrogens with one attached hydrogen (secondary N) is 1. The lowest BCUT2D eigenvalue weighted by Gasteiger charge is -2.01. The van der Waals surface area contributed by atoms with E-state index >= 15 is 0 Å². The summed E-state index contributed by atoms with van der Waals surface area (Å²) in [5, 5.41) is 3.90. The maximum absolute atomic E-state index is 11.7. The Morgan fingerprint density at radius 3 is 3.06 bits per heavy atom. The predicted molar refractivity (Wildman–Crippen MR) is 66.7 cm³/mol. The normalized spacial score (nSPS) is 10.4. The first-order valence-corrected chi connectivity index (χ1v) is 6.52. The molecule has 0 atom stereocenters. The monoisotopic (exact) mass is 241 g/mol. The van der Waals surface area contributed by atoms with Crippen molar-refractivity contribution in [2.45, 2.75) is 32.6 Å². The highest BCUT2D eigenvalue weighted by molar-refractivity contribution is 7.13. The molecule has 1 heterocycles. The van der Waals surface area contributed by atoms with Crippen molar-refractivity contribution in [1.82, 2.24) is 10.3 Å². The number of unbranched alkanes of at least 4 members (excludes halogenated alkanes) is 1. The molecule has 1 aromatic heterocycles. The van der Waals surface area contributed by atoms with Crippen molar-refractivity contribution in [3.8, 4) is 0 Å². The van der Waals surface area contributed by atoms with Gasteiger partial charge < -0.3 is 11.1 Å². The van der Waals surface area contributed by atoms with E-state index in [9.17, 15) is 4.79 Å². The quantitative estimate of drug-likeness (QED) is 0.712. The van der Waals surface area contributed by atoms with Crippen LogP contribution < -0.4 is 11.1 Å². The van der Waals surface area contributed by atoms with Crippen LogP contribution in [-0.2, 0) is 6.42 Å². The molecular formula is C11H19N3OS. The van der Waals surface area contributed by atoms with Crippen molar-refractivity contribution >= 4 is 17.2 Å². The summed E-state index contributed by atoms with van der Waals surface area (Å²) in [7, 11) is 0. The zero-order valence-corrected chi connectivity index (χ0v) is 10.5. The van der Waals surface area contributed by atoms with E-state index in [0.29, 0.717) is 18.0 Å². The molecule has 16 heavy (non-hydrogen) atoms. The number of nitrogens with zero attached hydrogens (tertiary/aromatic N) is 1. The van der Waals surface area contributed by atoms with Gasteiger partial charge >= 0.3 is 0 Å². The van der Waals surface area contributed by atoms with Gasteiger partial charge in [-0.2, -0.15) is 0 Å². The van der Waals surface area contributed by atoms with Crippen LogP contribution in [0, 0.1) is 0 Å². The maximum atomic E-state index is 11.7. The first-order chi connectivity index (χ1) is 7.77. The van der Waals surface area contributed by atoms with Gasteiger partial charge in [-0.05, 0) is 32.2 Å². The molecule has 0 aromatic carbocycles. The highest BCUT2D eigenvalue weighted by atomic mass is 32.1. The van der Waals surface area contributed by atoms with E-state index in [0.717, 1.165) is 30.7 Å². The molecule has 0 radical (unpaired) electrons. The molecule has 0 bridgehead atoms.